The summed E-state index contributed by atoms with van der Waals surface area (Å²) in [7, 11) is -2.54. The smallest absolute Gasteiger partial charge is 0.262 e. The summed E-state index contributed by atoms with van der Waals surface area (Å²) >= 11 is 0. The SMILES string of the molecule is CONS(=O)(=O)c1ccc(C(=O)NCc2ccc(N3C[C@@H](C)O[C@H](C)C3)nc2)cc1. The standard InChI is InChI=1S/C20H26N4O5S/c1-14-12-24(13-15(2)29-14)19-9-4-16(10-21-19)11-22-20(25)17-5-7-18(8-6-17)30(26,27)23-28-3/h4-10,14-15,23H,11-13H2,1-3H3,(H,22,25)/t14-,15-/m1/s1. The molecule has 1 aliphatic heterocycles. The van der Waals surface area contributed by atoms with Crippen molar-refractivity contribution >= 4 is 21.7 Å². The topological polar surface area (TPSA) is 110 Å². The molecule has 0 saturated carbocycles. The molecule has 9 nitrogen and oxygen atoms in total. The van der Waals surface area contributed by atoms with Crippen LogP contribution in [0.15, 0.2) is 47.5 Å². The van der Waals surface area contributed by atoms with Crippen LogP contribution in [0.5, 0.6) is 0 Å². The first kappa shape index (κ1) is 22.2. The maximum atomic E-state index is 12.3. The van der Waals surface area contributed by atoms with Gasteiger partial charge in [-0.15, -0.1) is 0 Å². The minimum atomic E-state index is -3.75. The van der Waals surface area contributed by atoms with Crippen molar-refractivity contribution in [3.8, 4) is 0 Å². The van der Waals surface area contributed by atoms with Crippen LogP contribution >= 0.6 is 0 Å². The summed E-state index contributed by atoms with van der Waals surface area (Å²) < 4.78 is 29.4. The molecule has 2 N–H and O–H groups in total. The molecule has 2 aromatic rings. The fourth-order valence-corrected chi connectivity index (χ4v) is 4.11. The van der Waals surface area contributed by atoms with Gasteiger partial charge in [0.05, 0.1) is 24.2 Å². The fraction of sp³-hybridized carbons (Fsp3) is 0.400. The minimum absolute atomic E-state index is 0.00689. The largest absolute Gasteiger partial charge is 0.372 e. The van der Waals surface area contributed by atoms with Gasteiger partial charge >= 0.3 is 0 Å². The maximum absolute atomic E-state index is 12.3. The first-order valence-electron chi connectivity index (χ1n) is 9.57. The van der Waals surface area contributed by atoms with Crippen molar-refractivity contribution in [2.45, 2.75) is 37.5 Å². The van der Waals surface area contributed by atoms with Crippen LogP contribution in [0.1, 0.15) is 29.8 Å². The van der Waals surface area contributed by atoms with E-state index in [1.165, 1.54) is 31.4 Å². The molecule has 3 rings (SSSR count). The number of hydrogen-bond acceptors (Lipinski definition) is 7. The van der Waals surface area contributed by atoms with Crippen LogP contribution in [0, 0.1) is 0 Å². The van der Waals surface area contributed by atoms with Gasteiger partial charge in [-0.1, -0.05) is 11.0 Å². The van der Waals surface area contributed by atoms with Gasteiger partial charge in [0.25, 0.3) is 15.9 Å². The molecule has 162 valence electrons. The second-order valence-electron chi connectivity index (χ2n) is 7.18. The average Bonchev–Trinajstić information content (AvgIpc) is 2.72. The summed E-state index contributed by atoms with van der Waals surface area (Å²) in [5, 5.41) is 2.81. The quantitative estimate of drug-likeness (QED) is 0.635. The maximum Gasteiger partial charge on any atom is 0.262 e. The van der Waals surface area contributed by atoms with Crippen LogP contribution in [-0.2, 0) is 26.1 Å². The number of rotatable bonds is 7. The van der Waals surface area contributed by atoms with E-state index in [0.717, 1.165) is 24.5 Å². The third-order valence-electron chi connectivity index (χ3n) is 4.63. The molecular weight excluding hydrogens is 408 g/mol. The Morgan fingerprint density at radius 2 is 1.83 bits per heavy atom. The number of ether oxygens (including phenoxy) is 1. The highest BCUT2D eigenvalue weighted by atomic mass is 32.2. The Kier molecular flexibility index (Phi) is 7.03. The number of nitrogens with one attached hydrogen (secondary N) is 2. The molecule has 0 spiro atoms. The predicted octanol–water partition coefficient (Wildman–Crippen LogP) is 1.46. The number of hydrogen-bond donors (Lipinski definition) is 2. The molecule has 0 unspecified atom stereocenters. The summed E-state index contributed by atoms with van der Waals surface area (Å²) in [5.74, 6) is 0.576. The van der Waals surface area contributed by atoms with Gasteiger partial charge in [-0.3, -0.25) is 9.63 Å². The van der Waals surface area contributed by atoms with Crippen LogP contribution in [0.4, 0.5) is 5.82 Å². The van der Waals surface area contributed by atoms with Crippen LogP contribution in [-0.4, -0.2) is 51.7 Å². The Bertz CT molecular complexity index is 954. The van der Waals surface area contributed by atoms with Crippen molar-refractivity contribution in [1.29, 1.82) is 0 Å². The van der Waals surface area contributed by atoms with E-state index in [-0.39, 0.29) is 23.0 Å². The summed E-state index contributed by atoms with van der Waals surface area (Å²) in [4.78, 5) is 25.4. The summed E-state index contributed by atoms with van der Waals surface area (Å²) in [6, 6.07) is 9.45. The van der Waals surface area contributed by atoms with Crippen molar-refractivity contribution in [1.82, 2.24) is 15.2 Å². The van der Waals surface area contributed by atoms with E-state index in [1.807, 2.05) is 30.9 Å². The van der Waals surface area contributed by atoms with Crippen molar-refractivity contribution in [3.05, 3.63) is 53.7 Å². The number of sulfonamides is 1. The lowest BCUT2D eigenvalue weighted by Crippen LogP contribution is -2.45. The summed E-state index contributed by atoms with van der Waals surface area (Å²) in [5.41, 5.74) is 1.22. The number of amides is 1. The molecule has 30 heavy (non-hydrogen) atoms. The predicted molar refractivity (Wildman–Crippen MR) is 111 cm³/mol. The highest BCUT2D eigenvalue weighted by Crippen LogP contribution is 2.18. The molecule has 2 atom stereocenters. The van der Waals surface area contributed by atoms with Gasteiger partial charge in [0, 0.05) is 31.4 Å². The van der Waals surface area contributed by atoms with Gasteiger partial charge < -0.3 is 15.0 Å². The Labute approximate surface area is 176 Å². The molecule has 0 bridgehead atoms. The van der Waals surface area contributed by atoms with Crippen LogP contribution in [0.2, 0.25) is 0 Å². The normalized spacial score (nSPS) is 19.5. The van der Waals surface area contributed by atoms with Crippen molar-refractivity contribution in [3.63, 3.8) is 0 Å². The first-order valence-corrected chi connectivity index (χ1v) is 11.0. The van der Waals surface area contributed by atoms with Gasteiger partial charge in [0.1, 0.15) is 5.82 Å². The lowest BCUT2D eigenvalue weighted by molar-refractivity contribution is -0.00546. The zero-order chi connectivity index (χ0) is 21.7. The lowest BCUT2D eigenvalue weighted by Gasteiger charge is -2.36. The van der Waals surface area contributed by atoms with Gasteiger partial charge in [0.2, 0.25) is 0 Å². The van der Waals surface area contributed by atoms with Crippen molar-refractivity contribution < 1.29 is 22.8 Å². The Balaban J connectivity index is 1.57. The second kappa shape index (κ2) is 9.52. The van der Waals surface area contributed by atoms with Crippen molar-refractivity contribution in [2.24, 2.45) is 0 Å². The Hall–Kier alpha value is -2.53. The molecule has 1 aliphatic rings. The third-order valence-corrected chi connectivity index (χ3v) is 5.90. The van der Waals surface area contributed by atoms with Crippen LogP contribution in [0.3, 0.4) is 0 Å². The zero-order valence-corrected chi connectivity index (χ0v) is 18.0. The van der Waals surface area contributed by atoms with Gasteiger partial charge in [-0.2, -0.15) is 0 Å². The molecule has 0 radical (unpaired) electrons. The number of anilines is 1. The van der Waals surface area contributed by atoms with E-state index in [9.17, 15) is 13.2 Å². The molecule has 1 saturated heterocycles. The summed E-state index contributed by atoms with van der Waals surface area (Å²) in [6.07, 6.45) is 2.05. The monoisotopic (exact) mass is 434 g/mol. The lowest BCUT2D eigenvalue weighted by atomic mass is 10.2. The number of nitrogens with zero attached hydrogens (tertiary/aromatic N) is 2. The molecule has 1 aromatic heterocycles. The second-order valence-corrected chi connectivity index (χ2v) is 8.83. The molecular formula is C20H26N4O5S. The minimum Gasteiger partial charge on any atom is -0.372 e. The van der Waals surface area contributed by atoms with Gasteiger partial charge in [0.15, 0.2) is 0 Å². The van der Waals surface area contributed by atoms with Gasteiger partial charge in [-0.05, 0) is 49.7 Å². The molecule has 1 amide bonds. The van der Waals surface area contributed by atoms with Gasteiger partial charge in [-0.25, -0.2) is 13.4 Å². The molecule has 1 fully saturated rings. The first-order chi connectivity index (χ1) is 14.3. The van der Waals surface area contributed by atoms with E-state index < -0.39 is 10.0 Å². The van der Waals surface area contributed by atoms with Crippen molar-refractivity contribution in [2.75, 3.05) is 25.1 Å². The molecule has 0 aliphatic carbocycles. The number of carbonyl (C=O) groups excluding carboxylic acids is 1. The summed E-state index contributed by atoms with van der Waals surface area (Å²) in [6.45, 7) is 5.98. The number of carbonyl (C=O) groups is 1. The highest BCUT2D eigenvalue weighted by molar-refractivity contribution is 7.89. The fourth-order valence-electron chi connectivity index (χ4n) is 3.30. The third kappa shape index (κ3) is 5.54. The molecule has 10 heteroatoms. The van der Waals surface area contributed by atoms with Crippen LogP contribution < -0.4 is 15.1 Å². The highest BCUT2D eigenvalue weighted by Gasteiger charge is 2.23. The Morgan fingerprint density at radius 1 is 1.17 bits per heavy atom. The van der Waals surface area contributed by atoms with E-state index in [1.54, 1.807) is 6.20 Å². The molecule has 1 aromatic carbocycles. The number of benzene rings is 1. The number of morpholine rings is 1. The number of aromatic nitrogens is 1. The molecule has 2 heterocycles. The van der Waals surface area contributed by atoms with Crippen LogP contribution in [0.25, 0.3) is 0 Å². The zero-order valence-electron chi connectivity index (χ0n) is 17.2. The van der Waals surface area contributed by atoms with E-state index in [2.05, 4.69) is 20.0 Å². The average molecular weight is 435 g/mol. The Morgan fingerprint density at radius 3 is 2.40 bits per heavy atom. The van der Waals surface area contributed by atoms with E-state index in [4.69, 9.17) is 4.74 Å². The van der Waals surface area contributed by atoms with E-state index in [0.29, 0.717) is 12.1 Å². The number of pyridine rings is 1. The van der Waals surface area contributed by atoms with E-state index >= 15 is 0 Å².